The van der Waals surface area contributed by atoms with Crippen LogP contribution in [-0.2, 0) is 9.05 Å². The molecule has 104 valence electrons. The van der Waals surface area contributed by atoms with Gasteiger partial charge in [0.1, 0.15) is 0 Å². The first-order valence-electron chi connectivity index (χ1n) is 6.17. The zero-order chi connectivity index (χ0) is 14.1. The largest absolute Gasteiger partial charge is 0.347 e. The summed E-state index contributed by atoms with van der Waals surface area (Å²) in [5.41, 5.74) is 0.297. The Morgan fingerprint density at radius 1 is 1.21 bits per heavy atom. The van der Waals surface area contributed by atoms with Crippen molar-refractivity contribution in [2.75, 3.05) is 0 Å². The first kappa shape index (κ1) is 14.3. The molecule has 0 radical (unpaired) electrons. The van der Waals surface area contributed by atoms with Crippen LogP contribution < -0.4 is 5.32 Å². The van der Waals surface area contributed by atoms with Crippen LogP contribution in [0.25, 0.3) is 0 Å². The highest BCUT2D eigenvalue weighted by atomic mass is 35.7. The molecule has 1 fully saturated rings. The molecule has 0 aromatic heterocycles. The lowest BCUT2D eigenvalue weighted by Crippen LogP contribution is -2.43. The minimum absolute atomic E-state index is 0.00204. The molecule has 19 heavy (non-hydrogen) atoms. The molecule has 0 bridgehead atoms. The number of benzene rings is 1. The zero-order valence-corrected chi connectivity index (χ0v) is 12.2. The van der Waals surface area contributed by atoms with Gasteiger partial charge in [0.15, 0.2) is 0 Å². The van der Waals surface area contributed by atoms with Crippen molar-refractivity contribution in [1.29, 1.82) is 0 Å². The molecular formula is C13H16ClNO3S. The van der Waals surface area contributed by atoms with Crippen molar-refractivity contribution >= 4 is 25.6 Å². The monoisotopic (exact) mass is 301 g/mol. The quantitative estimate of drug-likeness (QED) is 0.873. The third-order valence-electron chi connectivity index (χ3n) is 3.52. The maximum absolute atomic E-state index is 12.1. The summed E-state index contributed by atoms with van der Waals surface area (Å²) in [5.74, 6) is -0.178. The van der Waals surface area contributed by atoms with Crippen LogP contribution in [0.3, 0.4) is 0 Å². The highest BCUT2D eigenvalue weighted by Crippen LogP contribution is 2.29. The Morgan fingerprint density at radius 3 is 2.21 bits per heavy atom. The molecule has 1 aromatic carbocycles. The van der Waals surface area contributed by atoms with Crippen molar-refractivity contribution in [2.45, 2.75) is 43.0 Å². The molecule has 0 aliphatic heterocycles. The highest BCUT2D eigenvalue weighted by molar-refractivity contribution is 8.13. The normalized spacial score (nSPS) is 18.2. The molecule has 2 rings (SSSR count). The first-order chi connectivity index (χ1) is 8.80. The Kier molecular flexibility index (Phi) is 3.87. The summed E-state index contributed by atoms with van der Waals surface area (Å²) in [6, 6.07) is 5.63. The lowest BCUT2D eigenvalue weighted by Gasteiger charge is -2.25. The maximum Gasteiger partial charge on any atom is 0.261 e. The fraction of sp³-hybridized carbons (Fsp3) is 0.462. The van der Waals surface area contributed by atoms with Crippen LogP contribution in [0.2, 0.25) is 0 Å². The minimum Gasteiger partial charge on any atom is -0.347 e. The summed E-state index contributed by atoms with van der Waals surface area (Å²) in [7, 11) is 1.48. The molecule has 4 nitrogen and oxygen atoms in total. The molecule has 0 saturated heterocycles. The number of hydrogen-bond donors (Lipinski definition) is 1. The average Bonchev–Trinajstić information content (AvgIpc) is 2.75. The molecule has 0 heterocycles. The van der Waals surface area contributed by atoms with Gasteiger partial charge in [-0.15, -0.1) is 0 Å². The van der Waals surface area contributed by atoms with Gasteiger partial charge in [-0.25, -0.2) is 8.42 Å². The van der Waals surface area contributed by atoms with Crippen LogP contribution in [0.4, 0.5) is 0 Å². The lowest BCUT2D eigenvalue weighted by atomic mass is 10.00. The predicted molar refractivity (Wildman–Crippen MR) is 73.8 cm³/mol. The molecule has 1 aliphatic rings. The standard InChI is InChI=1S/C13H16ClNO3S/c1-13(8-2-3-9-13)15-12(16)10-4-6-11(7-5-10)19(14,17)18/h4-7H,2-3,8-9H2,1H3,(H,15,16). The van der Waals surface area contributed by atoms with Gasteiger partial charge < -0.3 is 5.32 Å². The maximum atomic E-state index is 12.1. The molecule has 0 spiro atoms. The van der Waals surface area contributed by atoms with Gasteiger partial charge in [0.05, 0.1) is 4.90 Å². The number of halogens is 1. The summed E-state index contributed by atoms with van der Waals surface area (Å²) < 4.78 is 22.2. The van der Waals surface area contributed by atoms with Crippen molar-refractivity contribution in [3.8, 4) is 0 Å². The second-order valence-corrected chi connectivity index (χ2v) is 7.75. The van der Waals surface area contributed by atoms with Crippen LogP contribution in [0.1, 0.15) is 43.0 Å². The smallest absolute Gasteiger partial charge is 0.261 e. The minimum atomic E-state index is -3.74. The van der Waals surface area contributed by atoms with E-state index in [1.165, 1.54) is 24.3 Å². The van der Waals surface area contributed by atoms with Crippen LogP contribution in [0.15, 0.2) is 29.2 Å². The Bertz CT molecular complexity index is 574. The Morgan fingerprint density at radius 2 is 1.74 bits per heavy atom. The topological polar surface area (TPSA) is 63.2 Å². The summed E-state index contributed by atoms with van der Waals surface area (Å²) >= 11 is 0. The number of hydrogen-bond acceptors (Lipinski definition) is 3. The van der Waals surface area contributed by atoms with E-state index in [1.807, 2.05) is 6.92 Å². The van der Waals surface area contributed by atoms with Gasteiger partial charge in [-0.2, -0.15) is 0 Å². The number of carbonyl (C=O) groups excluding carboxylic acids is 1. The van der Waals surface area contributed by atoms with E-state index in [-0.39, 0.29) is 16.3 Å². The molecule has 1 amide bonds. The van der Waals surface area contributed by atoms with Crippen LogP contribution in [0.5, 0.6) is 0 Å². The predicted octanol–water partition coefficient (Wildman–Crippen LogP) is 2.68. The summed E-state index contributed by atoms with van der Waals surface area (Å²) in [4.78, 5) is 12.1. The summed E-state index contributed by atoms with van der Waals surface area (Å²) in [6.45, 7) is 2.04. The van der Waals surface area contributed by atoms with Gasteiger partial charge in [0.2, 0.25) is 0 Å². The number of nitrogens with one attached hydrogen (secondary N) is 1. The highest BCUT2D eigenvalue weighted by Gasteiger charge is 2.30. The SMILES string of the molecule is CC1(NC(=O)c2ccc(S(=O)(=O)Cl)cc2)CCCC1. The van der Waals surface area contributed by atoms with E-state index in [1.54, 1.807) is 0 Å². The Hall–Kier alpha value is -1.07. The third-order valence-corrected chi connectivity index (χ3v) is 4.89. The molecule has 1 saturated carbocycles. The Balaban J connectivity index is 2.12. The van der Waals surface area contributed by atoms with Gasteiger partial charge in [-0.3, -0.25) is 4.79 Å². The van der Waals surface area contributed by atoms with Crippen molar-refractivity contribution < 1.29 is 13.2 Å². The number of amides is 1. The van der Waals surface area contributed by atoms with Gasteiger partial charge in [-0.05, 0) is 44.0 Å². The molecular weight excluding hydrogens is 286 g/mol. The van der Waals surface area contributed by atoms with Crippen molar-refractivity contribution in [1.82, 2.24) is 5.32 Å². The fourth-order valence-electron chi connectivity index (χ4n) is 2.40. The van der Waals surface area contributed by atoms with Gasteiger partial charge in [0.25, 0.3) is 15.0 Å². The zero-order valence-electron chi connectivity index (χ0n) is 10.6. The lowest BCUT2D eigenvalue weighted by molar-refractivity contribution is 0.0908. The molecule has 1 N–H and O–H groups in total. The molecule has 6 heteroatoms. The number of rotatable bonds is 3. The number of carbonyl (C=O) groups is 1. The van der Waals surface area contributed by atoms with Crippen LogP contribution >= 0.6 is 10.7 Å². The van der Waals surface area contributed by atoms with E-state index in [0.29, 0.717) is 5.56 Å². The van der Waals surface area contributed by atoms with Gasteiger partial charge in [-0.1, -0.05) is 12.8 Å². The van der Waals surface area contributed by atoms with E-state index in [0.717, 1.165) is 25.7 Å². The molecule has 1 aromatic rings. The molecule has 1 aliphatic carbocycles. The van der Waals surface area contributed by atoms with E-state index in [4.69, 9.17) is 10.7 Å². The Labute approximate surface area is 117 Å². The molecule has 0 unspecified atom stereocenters. The van der Waals surface area contributed by atoms with Gasteiger partial charge in [0, 0.05) is 21.8 Å². The van der Waals surface area contributed by atoms with E-state index < -0.39 is 9.05 Å². The van der Waals surface area contributed by atoms with E-state index in [9.17, 15) is 13.2 Å². The second kappa shape index (κ2) is 5.13. The van der Waals surface area contributed by atoms with Crippen LogP contribution in [-0.4, -0.2) is 19.9 Å². The van der Waals surface area contributed by atoms with E-state index in [2.05, 4.69) is 5.32 Å². The summed E-state index contributed by atoms with van der Waals surface area (Å²) in [6.07, 6.45) is 4.21. The van der Waals surface area contributed by atoms with E-state index >= 15 is 0 Å². The summed E-state index contributed by atoms with van der Waals surface area (Å²) in [5, 5.41) is 3.01. The second-order valence-electron chi connectivity index (χ2n) is 5.18. The van der Waals surface area contributed by atoms with Gasteiger partial charge >= 0.3 is 0 Å². The fourth-order valence-corrected chi connectivity index (χ4v) is 3.17. The van der Waals surface area contributed by atoms with Crippen molar-refractivity contribution in [3.63, 3.8) is 0 Å². The van der Waals surface area contributed by atoms with Crippen LogP contribution in [0, 0.1) is 0 Å². The van der Waals surface area contributed by atoms with Crippen molar-refractivity contribution in [3.05, 3.63) is 29.8 Å². The first-order valence-corrected chi connectivity index (χ1v) is 8.48. The molecule has 0 atom stereocenters. The van der Waals surface area contributed by atoms with Crippen molar-refractivity contribution in [2.24, 2.45) is 0 Å². The average molecular weight is 302 g/mol. The third kappa shape index (κ3) is 3.48.